The lowest BCUT2D eigenvalue weighted by Crippen LogP contribution is -2.25. The summed E-state index contributed by atoms with van der Waals surface area (Å²) in [5.41, 5.74) is 2.37. The van der Waals surface area contributed by atoms with Gasteiger partial charge in [-0.1, -0.05) is 32.8 Å². The molecule has 1 aromatic carbocycles. The molecule has 0 unspecified atom stereocenters. The molecule has 2 heterocycles. The van der Waals surface area contributed by atoms with Gasteiger partial charge >= 0.3 is 0 Å². The molecule has 1 aromatic heterocycles. The Hall–Kier alpha value is -2.60. The van der Waals surface area contributed by atoms with Crippen LogP contribution in [0.1, 0.15) is 48.2 Å². The lowest BCUT2D eigenvalue weighted by molar-refractivity contribution is 0.0995. The Labute approximate surface area is 154 Å². The van der Waals surface area contributed by atoms with E-state index in [1.165, 1.54) is 18.9 Å². The molecule has 140 valence electrons. The number of amides is 1. The summed E-state index contributed by atoms with van der Waals surface area (Å²) in [5.74, 6) is 1.02. The van der Waals surface area contributed by atoms with E-state index < -0.39 is 0 Å². The fourth-order valence-electron chi connectivity index (χ4n) is 2.71. The van der Waals surface area contributed by atoms with Crippen molar-refractivity contribution in [3.63, 3.8) is 0 Å². The number of aromatic nitrogens is 1. The summed E-state index contributed by atoms with van der Waals surface area (Å²) in [5, 5.41) is 3.10. The van der Waals surface area contributed by atoms with Crippen molar-refractivity contribution in [2.24, 2.45) is 0 Å². The van der Waals surface area contributed by atoms with E-state index in [1.54, 1.807) is 30.2 Å². The van der Waals surface area contributed by atoms with Crippen LogP contribution in [0.5, 0.6) is 5.75 Å². The van der Waals surface area contributed by atoms with Crippen LogP contribution >= 0.6 is 0 Å². The monoisotopic (exact) mass is 357 g/mol. The van der Waals surface area contributed by atoms with E-state index in [2.05, 4.69) is 24.1 Å². The van der Waals surface area contributed by atoms with E-state index in [4.69, 9.17) is 4.74 Å². The first-order valence-electron chi connectivity index (χ1n) is 8.91. The third-order valence-corrected chi connectivity index (χ3v) is 4.25. The van der Waals surface area contributed by atoms with Crippen LogP contribution in [0.2, 0.25) is 0 Å². The van der Waals surface area contributed by atoms with Crippen molar-refractivity contribution in [1.29, 1.82) is 0 Å². The number of hydrogen-bond donors (Lipinski definition) is 2. The van der Waals surface area contributed by atoms with Gasteiger partial charge in [-0.25, -0.2) is 0 Å². The van der Waals surface area contributed by atoms with Gasteiger partial charge in [-0.05, 0) is 36.4 Å². The van der Waals surface area contributed by atoms with Crippen molar-refractivity contribution in [1.82, 2.24) is 10.3 Å². The molecule has 0 saturated heterocycles. The normalized spacial score (nSPS) is 12.5. The van der Waals surface area contributed by atoms with Gasteiger partial charge in [0.1, 0.15) is 11.6 Å². The molecule has 0 aliphatic carbocycles. The SMILES string of the molecule is CCCC.CNCc1cc(OC)cc2c1CN(c1cccc(=O)[nH]1)C2=O. The number of ether oxygens (including phenoxy) is 1. The molecule has 1 amide bonds. The Morgan fingerprint density at radius 3 is 2.50 bits per heavy atom. The molecular weight excluding hydrogens is 330 g/mol. The predicted octanol–water partition coefficient (Wildman–Crippen LogP) is 3.07. The summed E-state index contributed by atoms with van der Waals surface area (Å²) < 4.78 is 5.28. The second kappa shape index (κ2) is 9.20. The number of rotatable bonds is 5. The Kier molecular flexibility index (Phi) is 6.97. The number of H-pyrrole nitrogens is 1. The molecule has 1 aliphatic rings. The van der Waals surface area contributed by atoms with Crippen LogP contribution in [-0.2, 0) is 13.1 Å². The molecule has 2 aromatic rings. The zero-order valence-electron chi connectivity index (χ0n) is 15.9. The van der Waals surface area contributed by atoms with Gasteiger partial charge in [0.15, 0.2) is 0 Å². The number of anilines is 1. The third-order valence-electron chi connectivity index (χ3n) is 4.25. The van der Waals surface area contributed by atoms with Gasteiger partial charge in [0, 0.05) is 18.2 Å². The van der Waals surface area contributed by atoms with Gasteiger partial charge in [0.05, 0.1) is 13.7 Å². The van der Waals surface area contributed by atoms with Crippen LogP contribution in [0.15, 0.2) is 35.1 Å². The standard InChI is InChI=1S/C16H17N3O3.C4H10/c1-17-8-10-6-11(22-2)7-12-13(10)9-19(16(12)21)14-4-3-5-15(20)18-14;1-3-4-2/h3-7,17H,8-9H2,1-2H3,(H,18,20);3-4H2,1-2H3. The molecule has 2 N–H and O–H groups in total. The number of methoxy groups -OCH3 is 1. The second-order valence-electron chi connectivity index (χ2n) is 6.13. The topological polar surface area (TPSA) is 74.4 Å². The molecule has 0 fully saturated rings. The first-order valence-corrected chi connectivity index (χ1v) is 8.91. The molecule has 0 spiro atoms. The smallest absolute Gasteiger partial charge is 0.260 e. The molecule has 6 nitrogen and oxygen atoms in total. The summed E-state index contributed by atoms with van der Waals surface area (Å²) in [6.07, 6.45) is 2.64. The molecule has 0 saturated carbocycles. The van der Waals surface area contributed by atoms with E-state index in [-0.39, 0.29) is 11.5 Å². The van der Waals surface area contributed by atoms with Crippen molar-refractivity contribution < 1.29 is 9.53 Å². The van der Waals surface area contributed by atoms with Crippen molar-refractivity contribution >= 4 is 11.7 Å². The summed E-state index contributed by atoms with van der Waals surface area (Å²) >= 11 is 0. The van der Waals surface area contributed by atoms with Crippen LogP contribution in [0.4, 0.5) is 5.82 Å². The first kappa shape index (κ1) is 19.7. The maximum absolute atomic E-state index is 12.7. The largest absolute Gasteiger partial charge is 0.497 e. The number of benzene rings is 1. The molecule has 3 rings (SSSR count). The Morgan fingerprint density at radius 2 is 1.92 bits per heavy atom. The highest BCUT2D eigenvalue weighted by atomic mass is 16.5. The van der Waals surface area contributed by atoms with Crippen molar-refractivity contribution in [3.05, 3.63) is 57.4 Å². The molecule has 26 heavy (non-hydrogen) atoms. The number of carbonyl (C=O) groups excluding carboxylic acids is 1. The highest BCUT2D eigenvalue weighted by molar-refractivity contribution is 6.10. The zero-order valence-corrected chi connectivity index (χ0v) is 15.9. The van der Waals surface area contributed by atoms with E-state index in [9.17, 15) is 9.59 Å². The van der Waals surface area contributed by atoms with Crippen LogP contribution in [0.3, 0.4) is 0 Å². The average molecular weight is 357 g/mol. The van der Waals surface area contributed by atoms with Crippen LogP contribution in [-0.4, -0.2) is 25.0 Å². The Morgan fingerprint density at radius 1 is 1.19 bits per heavy atom. The highest BCUT2D eigenvalue weighted by Crippen LogP contribution is 2.32. The summed E-state index contributed by atoms with van der Waals surface area (Å²) in [7, 11) is 3.44. The molecular formula is C20H27N3O3. The van der Waals surface area contributed by atoms with Gasteiger partial charge in [-0.15, -0.1) is 0 Å². The van der Waals surface area contributed by atoms with Crippen LogP contribution in [0, 0.1) is 0 Å². The minimum Gasteiger partial charge on any atom is -0.497 e. The van der Waals surface area contributed by atoms with Gasteiger partial charge in [-0.2, -0.15) is 0 Å². The number of hydrogen-bond acceptors (Lipinski definition) is 4. The average Bonchev–Trinajstić information content (AvgIpc) is 2.99. The van der Waals surface area contributed by atoms with Gasteiger partial charge in [0.25, 0.3) is 5.91 Å². The number of carbonyl (C=O) groups is 1. The Balaban J connectivity index is 0.000000552. The Bertz CT molecular complexity index is 812. The van der Waals surface area contributed by atoms with Crippen LogP contribution in [0.25, 0.3) is 0 Å². The second-order valence-corrected chi connectivity index (χ2v) is 6.13. The number of pyridine rings is 1. The third kappa shape index (κ3) is 4.32. The predicted molar refractivity (Wildman–Crippen MR) is 104 cm³/mol. The van der Waals surface area contributed by atoms with E-state index in [0.717, 1.165) is 11.1 Å². The van der Waals surface area contributed by atoms with Gasteiger partial charge in [0.2, 0.25) is 5.56 Å². The summed E-state index contributed by atoms with van der Waals surface area (Å²) in [6, 6.07) is 8.46. The number of nitrogens with one attached hydrogen (secondary N) is 2. The fourth-order valence-corrected chi connectivity index (χ4v) is 2.71. The molecule has 0 atom stereocenters. The highest BCUT2D eigenvalue weighted by Gasteiger charge is 2.31. The first-order chi connectivity index (χ1) is 12.5. The maximum atomic E-state index is 12.7. The van der Waals surface area contributed by atoms with E-state index in [1.807, 2.05) is 13.1 Å². The van der Waals surface area contributed by atoms with Crippen molar-refractivity contribution in [3.8, 4) is 5.75 Å². The van der Waals surface area contributed by atoms with Gasteiger partial charge in [-0.3, -0.25) is 14.5 Å². The number of fused-ring (bicyclic) bond motifs is 1. The van der Waals surface area contributed by atoms with Crippen molar-refractivity contribution in [2.75, 3.05) is 19.1 Å². The molecule has 6 heteroatoms. The van der Waals surface area contributed by atoms with Gasteiger partial charge < -0.3 is 15.0 Å². The maximum Gasteiger partial charge on any atom is 0.260 e. The van der Waals surface area contributed by atoms with Crippen molar-refractivity contribution in [2.45, 2.75) is 39.8 Å². The fraction of sp³-hybridized carbons (Fsp3) is 0.400. The minimum absolute atomic E-state index is 0.131. The lowest BCUT2D eigenvalue weighted by atomic mass is 10.0. The lowest BCUT2D eigenvalue weighted by Gasteiger charge is -2.14. The molecule has 1 aliphatic heterocycles. The number of aromatic amines is 1. The molecule has 0 bridgehead atoms. The number of nitrogens with zero attached hydrogens (tertiary/aromatic N) is 1. The number of unbranched alkanes of at least 4 members (excludes halogenated alkanes) is 1. The molecule has 0 radical (unpaired) electrons. The quantitative estimate of drug-likeness (QED) is 0.862. The minimum atomic E-state index is -0.228. The summed E-state index contributed by atoms with van der Waals surface area (Å²) in [4.78, 5) is 28.4. The van der Waals surface area contributed by atoms with E-state index in [0.29, 0.717) is 30.2 Å². The summed E-state index contributed by atoms with van der Waals surface area (Å²) in [6.45, 7) is 5.45. The van der Waals surface area contributed by atoms with Crippen LogP contribution < -0.4 is 20.5 Å². The zero-order chi connectivity index (χ0) is 19.1. The van der Waals surface area contributed by atoms with E-state index >= 15 is 0 Å².